The van der Waals surface area contributed by atoms with Crippen molar-refractivity contribution in [1.82, 2.24) is 5.32 Å². The first-order chi connectivity index (χ1) is 12.4. The van der Waals surface area contributed by atoms with Crippen molar-refractivity contribution < 1.29 is 18.7 Å². The van der Waals surface area contributed by atoms with Crippen LogP contribution in [0.15, 0.2) is 48.0 Å². The van der Waals surface area contributed by atoms with E-state index in [1.54, 1.807) is 18.2 Å². The van der Waals surface area contributed by atoms with E-state index >= 15 is 0 Å². The van der Waals surface area contributed by atoms with Gasteiger partial charge in [-0.15, -0.1) is 0 Å². The van der Waals surface area contributed by atoms with Crippen LogP contribution in [0.3, 0.4) is 0 Å². The predicted octanol–water partition coefficient (Wildman–Crippen LogP) is 3.32. The summed E-state index contributed by atoms with van der Waals surface area (Å²) in [6.07, 6.45) is 1.38. The lowest BCUT2D eigenvalue weighted by Crippen LogP contribution is -2.54. The van der Waals surface area contributed by atoms with Crippen LogP contribution < -0.4 is 15.0 Å². The molecule has 1 fully saturated rings. The fourth-order valence-corrected chi connectivity index (χ4v) is 2.92. The molecule has 0 atom stereocenters. The molecule has 26 heavy (non-hydrogen) atoms. The van der Waals surface area contributed by atoms with Crippen molar-refractivity contribution in [1.29, 1.82) is 0 Å². The van der Waals surface area contributed by atoms with Gasteiger partial charge in [-0.25, -0.2) is 4.39 Å². The minimum absolute atomic E-state index is 0.0817. The number of hydrogen-bond acceptors (Lipinski definition) is 4. The molecule has 0 unspecified atom stereocenters. The number of thiocarbonyl (C=S) groups is 1. The van der Waals surface area contributed by atoms with Crippen molar-refractivity contribution in [2.75, 3.05) is 12.0 Å². The smallest absolute Gasteiger partial charge is 0.270 e. The van der Waals surface area contributed by atoms with Gasteiger partial charge in [0.2, 0.25) is 0 Å². The second-order valence-corrected chi connectivity index (χ2v) is 6.14. The fraction of sp³-hybridized carbons (Fsp3) is 0.0556. The van der Waals surface area contributed by atoms with Crippen molar-refractivity contribution in [2.24, 2.45) is 0 Å². The maximum atomic E-state index is 13.2. The van der Waals surface area contributed by atoms with Crippen molar-refractivity contribution in [2.45, 2.75) is 0 Å². The first kappa shape index (κ1) is 18.0. The van der Waals surface area contributed by atoms with Gasteiger partial charge in [-0.05, 0) is 60.8 Å². The molecule has 0 bridgehead atoms. The number of nitrogens with one attached hydrogen (secondary N) is 1. The van der Waals surface area contributed by atoms with Crippen LogP contribution in [0.4, 0.5) is 10.1 Å². The SMILES string of the molecule is COc1ccc(Cl)cc1/C=C1/C(=O)NC(=S)N(c2ccc(F)cc2)C1=O. The monoisotopic (exact) mass is 390 g/mol. The average Bonchev–Trinajstić information content (AvgIpc) is 2.60. The van der Waals surface area contributed by atoms with E-state index < -0.39 is 17.6 Å². The van der Waals surface area contributed by atoms with E-state index in [0.717, 1.165) is 4.90 Å². The minimum Gasteiger partial charge on any atom is -0.496 e. The Morgan fingerprint density at radius 1 is 1.19 bits per heavy atom. The second kappa shape index (κ2) is 7.23. The van der Waals surface area contributed by atoms with Gasteiger partial charge in [0.25, 0.3) is 11.8 Å². The number of rotatable bonds is 3. The van der Waals surface area contributed by atoms with Crippen LogP contribution in [0, 0.1) is 5.82 Å². The zero-order chi connectivity index (χ0) is 18.8. The number of benzene rings is 2. The fourth-order valence-electron chi connectivity index (χ4n) is 2.46. The molecule has 0 spiro atoms. The van der Waals surface area contributed by atoms with Crippen molar-refractivity contribution in [3.05, 3.63) is 64.4 Å². The molecule has 1 heterocycles. The Labute approximate surface area is 159 Å². The Hall–Kier alpha value is -2.77. The summed E-state index contributed by atoms with van der Waals surface area (Å²) in [5, 5.41) is 2.80. The first-order valence-corrected chi connectivity index (χ1v) is 8.20. The molecule has 0 aromatic heterocycles. The van der Waals surface area contributed by atoms with Gasteiger partial charge in [-0.1, -0.05) is 11.6 Å². The van der Waals surface area contributed by atoms with E-state index in [9.17, 15) is 14.0 Å². The third-order valence-corrected chi connectivity index (χ3v) is 4.20. The van der Waals surface area contributed by atoms with E-state index in [1.165, 1.54) is 37.5 Å². The van der Waals surface area contributed by atoms with Crippen molar-refractivity contribution >= 4 is 52.5 Å². The summed E-state index contributed by atoms with van der Waals surface area (Å²) in [4.78, 5) is 26.3. The molecule has 2 aromatic rings. The largest absolute Gasteiger partial charge is 0.496 e. The number of nitrogens with zero attached hydrogens (tertiary/aromatic N) is 1. The standard InChI is InChI=1S/C18H12ClFN2O3S/c1-25-15-7-2-11(19)8-10(15)9-14-16(23)21-18(26)22(17(14)24)13-5-3-12(20)4-6-13/h2-9H,1H3,(H,21,23,26)/b14-9-. The average molecular weight is 391 g/mol. The summed E-state index contributed by atoms with van der Waals surface area (Å²) in [6.45, 7) is 0. The number of carbonyl (C=O) groups excluding carboxylic acids is 2. The number of carbonyl (C=O) groups is 2. The summed E-state index contributed by atoms with van der Waals surface area (Å²) >= 11 is 11.1. The van der Waals surface area contributed by atoms with Gasteiger partial charge >= 0.3 is 0 Å². The molecule has 0 saturated carbocycles. The highest BCUT2D eigenvalue weighted by Crippen LogP contribution is 2.27. The van der Waals surface area contributed by atoms with Crippen LogP contribution in [0.5, 0.6) is 5.75 Å². The molecule has 1 aliphatic rings. The summed E-state index contributed by atoms with van der Waals surface area (Å²) in [5.41, 5.74) is 0.652. The highest BCUT2D eigenvalue weighted by molar-refractivity contribution is 7.80. The van der Waals surface area contributed by atoms with E-state index in [1.807, 2.05) is 0 Å². The van der Waals surface area contributed by atoms with Crippen LogP contribution in [-0.4, -0.2) is 24.0 Å². The Morgan fingerprint density at radius 3 is 2.54 bits per heavy atom. The highest BCUT2D eigenvalue weighted by atomic mass is 35.5. The molecule has 5 nitrogen and oxygen atoms in total. The molecule has 2 amide bonds. The Morgan fingerprint density at radius 2 is 1.88 bits per heavy atom. The van der Waals surface area contributed by atoms with Gasteiger partial charge in [-0.2, -0.15) is 0 Å². The molecule has 1 saturated heterocycles. The van der Waals surface area contributed by atoms with E-state index in [2.05, 4.69) is 5.32 Å². The third-order valence-electron chi connectivity index (χ3n) is 3.68. The Kier molecular flexibility index (Phi) is 5.01. The summed E-state index contributed by atoms with van der Waals surface area (Å²) in [5.74, 6) is -1.27. The number of methoxy groups -OCH3 is 1. The number of amides is 2. The lowest BCUT2D eigenvalue weighted by atomic mass is 10.1. The zero-order valence-electron chi connectivity index (χ0n) is 13.5. The van der Waals surface area contributed by atoms with E-state index in [-0.39, 0.29) is 10.7 Å². The van der Waals surface area contributed by atoms with Gasteiger partial charge in [0.1, 0.15) is 17.1 Å². The zero-order valence-corrected chi connectivity index (χ0v) is 15.0. The van der Waals surface area contributed by atoms with Gasteiger partial charge in [0.05, 0.1) is 12.8 Å². The Balaban J connectivity index is 2.06. The topological polar surface area (TPSA) is 58.6 Å². The maximum absolute atomic E-state index is 13.2. The predicted molar refractivity (Wildman–Crippen MR) is 101 cm³/mol. The molecule has 2 aromatic carbocycles. The lowest BCUT2D eigenvalue weighted by Gasteiger charge is -2.29. The molecule has 1 aliphatic heterocycles. The van der Waals surface area contributed by atoms with E-state index in [0.29, 0.717) is 22.0 Å². The number of ether oxygens (including phenoxy) is 1. The van der Waals surface area contributed by atoms with Crippen LogP contribution in [0.1, 0.15) is 5.56 Å². The molecular weight excluding hydrogens is 379 g/mol. The lowest BCUT2D eigenvalue weighted by molar-refractivity contribution is -0.122. The van der Waals surface area contributed by atoms with E-state index in [4.69, 9.17) is 28.6 Å². The Bertz CT molecular complexity index is 944. The van der Waals surface area contributed by atoms with Crippen molar-refractivity contribution in [3.8, 4) is 5.75 Å². The third kappa shape index (κ3) is 3.44. The molecular formula is C18H12ClFN2O3S. The molecule has 8 heteroatoms. The summed E-state index contributed by atoms with van der Waals surface area (Å²) < 4.78 is 18.4. The first-order valence-electron chi connectivity index (χ1n) is 7.41. The summed E-state index contributed by atoms with van der Waals surface area (Å²) in [6, 6.07) is 10.0. The minimum atomic E-state index is -0.639. The van der Waals surface area contributed by atoms with Gasteiger partial charge in [0, 0.05) is 10.6 Å². The number of anilines is 1. The second-order valence-electron chi connectivity index (χ2n) is 5.32. The molecule has 3 rings (SSSR count). The van der Waals surface area contributed by atoms with Gasteiger partial charge < -0.3 is 4.74 Å². The van der Waals surface area contributed by atoms with Gasteiger partial charge in [0.15, 0.2) is 5.11 Å². The quantitative estimate of drug-likeness (QED) is 0.496. The van der Waals surface area contributed by atoms with Crippen LogP contribution in [0.25, 0.3) is 6.08 Å². The summed E-state index contributed by atoms with van der Waals surface area (Å²) in [7, 11) is 1.47. The molecule has 132 valence electrons. The normalized spacial score (nSPS) is 16.0. The van der Waals surface area contributed by atoms with Gasteiger partial charge in [-0.3, -0.25) is 19.8 Å². The van der Waals surface area contributed by atoms with Crippen molar-refractivity contribution in [3.63, 3.8) is 0 Å². The van der Waals surface area contributed by atoms with Crippen LogP contribution in [-0.2, 0) is 9.59 Å². The number of halogens is 2. The van der Waals surface area contributed by atoms with Crippen LogP contribution in [0.2, 0.25) is 5.02 Å². The molecule has 0 radical (unpaired) electrons. The molecule has 1 N–H and O–H groups in total. The van der Waals surface area contributed by atoms with Crippen LogP contribution >= 0.6 is 23.8 Å². The highest BCUT2D eigenvalue weighted by Gasteiger charge is 2.34. The maximum Gasteiger partial charge on any atom is 0.270 e. The molecule has 0 aliphatic carbocycles. The number of hydrogen-bond donors (Lipinski definition) is 1.